The van der Waals surface area contributed by atoms with Crippen molar-refractivity contribution in [1.29, 1.82) is 5.41 Å². The fourth-order valence-corrected chi connectivity index (χ4v) is 6.68. The van der Waals surface area contributed by atoms with Gasteiger partial charge in [0.2, 0.25) is 11.8 Å². The number of rotatable bonds is 6. The molecule has 2 heterocycles. The van der Waals surface area contributed by atoms with Gasteiger partial charge in [0.25, 0.3) is 5.91 Å². The smallest absolute Gasteiger partial charge is 0.413 e. The molecular weight excluding hydrogens is 570 g/mol. The summed E-state index contributed by atoms with van der Waals surface area (Å²) in [5.41, 5.74) is 1.14. The number of ether oxygens (including phenoxy) is 1. The van der Waals surface area contributed by atoms with Gasteiger partial charge < -0.3 is 25.6 Å². The van der Waals surface area contributed by atoms with E-state index in [1.807, 2.05) is 20.0 Å². The summed E-state index contributed by atoms with van der Waals surface area (Å²) >= 11 is 1.39. The van der Waals surface area contributed by atoms with Crippen LogP contribution in [0.3, 0.4) is 0 Å². The standard InChI is InChI=1S/C30H43N7O5S/c1-16-7-8-17(24(31)36-29(41)42-30(2,3)4)13-19(16)26(39)33-20-10-9-18(25(38)32-5)14-22(20)34-27(40)28-35-21-11-12-37(6)15-23(21)43-28/h8,13,16,18,20,22H,7,9-12,14-15H2,1-6H3,(H,32,38)(H,33,39)(H,34,40)(H2,31,36,41)/t16?,18-,20-,22+/m0/s1. The second kappa shape index (κ2) is 13.4. The molecule has 1 unspecified atom stereocenters. The Morgan fingerprint density at radius 3 is 2.53 bits per heavy atom. The van der Waals surface area contributed by atoms with Crippen molar-refractivity contribution in [2.45, 2.75) is 84.0 Å². The van der Waals surface area contributed by atoms with Crippen LogP contribution in [0.4, 0.5) is 4.79 Å². The van der Waals surface area contributed by atoms with Crippen LogP contribution in [0.2, 0.25) is 0 Å². The Morgan fingerprint density at radius 1 is 1.12 bits per heavy atom. The highest BCUT2D eigenvalue weighted by Crippen LogP contribution is 2.29. The van der Waals surface area contributed by atoms with Gasteiger partial charge in [-0.25, -0.2) is 9.78 Å². The number of amidine groups is 1. The molecule has 1 aromatic rings. The summed E-state index contributed by atoms with van der Waals surface area (Å²) in [6, 6.07) is -0.877. The lowest BCUT2D eigenvalue weighted by Crippen LogP contribution is -2.56. The maximum Gasteiger partial charge on any atom is 0.413 e. The molecule has 0 radical (unpaired) electrons. The number of carbonyl (C=O) groups excluding carboxylic acids is 4. The fourth-order valence-electron chi connectivity index (χ4n) is 5.59. The van der Waals surface area contributed by atoms with Crippen LogP contribution in [0.1, 0.15) is 73.8 Å². The molecule has 13 heteroatoms. The van der Waals surface area contributed by atoms with E-state index in [0.29, 0.717) is 41.8 Å². The van der Waals surface area contributed by atoms with Crippen molar-refractivity contribution in [3.05, 3.63) is 38.9 Å². The first-order chi connectivity index (χ1) is 20.2. The van der Waals surface area contributed by atoms with Gasteiger partial charge in [-0.2, -0.15) is 0 Å². The number of thiazole rings is 1. The number of likely N-dealkylation sites (N-methyl/N-ethyl adjacent to an activating group) is 1. The summed E-state index contributed by atoms with van der Waals surface area (Å²) in [5, 5.41) is 20.1. The number of alkyl carbamates (subject to hydrolysis) is 1. The van der Waals surface area contributed by atoms with E-state index in [1.54, 1.807) is 33.9 Å². The number of hydrogen-bond donors (Lipinski definition) is 5. The van der Waals surface area contributed by atoms with E-state index in [4.69, 9.17) is 10.1 Å². The van der Waals surface area contributed by atoms with Crippen molar-refractivity contribution in [1.82, 2.24) is 31.2 Å². The normalized spacial score (nSPS) is 24.0. The summed E-state index contributed by atoms with van der Waals surface area (Å²) < 4.78 is 5.25. The van der Waals surface area contributed by atoms with Crippen molar-refractivity contribution in [2.75, 3.05) is 20.6 Å². The van der Waals surface area contributed by atoms with Gasteiger partial charge in [0, 0.05) is 54.5 Å². The molecule has 12 nitrogen and oxygen atoms in total. The number of allylic oxidation sites excluding steroid dienone is 1. The molecular formula is C30H43N7O5S. The first-order valence-corrected chi connectivity index (χ1v) is 15.6. The fraction of sp³-hybridized carbons (Fsp3) is 0.600. The number of fused-ring (bicyclic) bond motifs is 1. The van der Waals surface area contributed by atoms with Gasteiger partial charge in [-0.05, 0) is 65.5 Å². The predicted octanol–water partition coefficient (Wildman–Crippen LogP) is 2.65. The van der Waals surface area contributed by atoms with E-state index < -0.39 is 23.8 Å². The number of hydrogen-bond acceptors (Lipinski definition) is 9. The molecule has 1 fully saturated rings. The Labute approximate surface area is 256 Å². The van der Waals surface area contributed by atoms with Crippen LogP contribution >= 0.6 is 11.3 Å². The highest BCUT2D eigenvalue weighted by atomic mass is 32.1. The second-order valence-corrected chi connectivity index (χ2v) is 13.6. The molecule has 1 aromatic heterocycles. The zero-order valence-electron chi connectivity index (χ0n) is 25.8. The monoisotopic (exact) mass is 613 g/mol. The van der Waals surface area contributed by atoms with Crippen LogP contribution in [0.15, 0.2) is 23.3 Å². The predicted molar refractivity (Wildman–Crippen MR) is 164 cm³/mol. The quantitative estimate of drug-likeness (QED) is 0.243. The Balaban J connectivity index is 1.47. The van der Waals surface area contributed by atoms with Crippen molar-refractivity contribution >= 4 is 41.0 Å². The summed E-state index contributed by atoms with van der Waals surface area (Å²) in [4.78, 5) is 59.5. The molecule has 0 saturated heterocycles. The zero-order chi connectivity index (χ0) is 31.5. The minimum Gasteiger partial charge on any atom is -0.444 e. The van der Waals surface area contributed by atoms with Crippen LogP contribution in [-0.4, -0.2) is 77.9 Å². The first-order valence-electron chi connectivity index (χ1n) is 14.7. The Morgan fingerprint density at radius 2 is 1.84 bits per heavy atom. The van der Waals surface area contributed by atoms with E-state index in [9.17, 15) is 19.2 Å². The molecule has 4 rings (SSSR count). The molecule has 1 aliphatic heterocycles. The van der Waals surface area contributed by atoms with E-state index in [-0.39, 0.29) is 35.4 Å². The average molecular weight is 614 g/mol. The molecule has 4 amide bonds. The number of carbonyl (C=O) groups is 4. The highest BCUT2D eigenvalue weighted by Gasteiger charge is 2.37. The minimum absolute atomic E-state index is 0.0915. The van der Waals surface area contributed by atoms with E-state index in [2.05, 4.69) is 31.2 Å². The molecule has 0 spiro atoms. The molecule has 4 atom stereocenters. The zero-order valence-corrected chi connectivity index (χ0v) is 26.6. The average Bonchev–Trinajstić information content (AvgIpc) is 3.36. The molecule has 0 aromatic carbocycles. The Bertz CT molecular complexity index is 1340. The first kappa shape index (κ1) is 32.3. The maximum atomic E-state index is 13.6. The summed E-state index contributed by atoms with van der Waals surface area (Å²) in [6.07, 6.45) is 5.46. The number of aromatic nitrogens is 1. The van der Waals surface area contributed by atoms with Gasteiger partial charge in [-0.1, -0.05) is 13.0 Å². The lowest BCUT2D eigenvalue weighted by molar-refractivity contribution is -0.126. The van der Waals surface area contributed by atoms with Crippen LogP contribution in [0, 0.1) is 17.2 Å². The van der Waals surface area contributed by atoms with Gasteiger partial charge in [-0.15, -0.1) is 11.3 Å². The third-order valence-electron chi connectivity index (χ3n) is 7.93. The van der Waals surface area contributed by atoms with Crippen molar-refractivity contribution in [3.63, 3.8) is 0 Å². The molecule has 5 N–H and O–H groups in total. The largest absolute Gasteiger partial charge is 0.444 e. The van der Waals surface area contributed by atoms with Crippen LogP contribution < -0.4 is 21.3 Å². The number of nitrogens with one attached hydrogen (secondary N) is 5. The lowest BCUT2D eigenvalue weighted by atomic mass is 9.81. The second-order valence-electron chi connectivity index (χ2n) is 12.6. The number of nitrogens with zero attached hydrogens (tertiary/aromatic N) is 2. The van der Waals surface area contributed by atoms with Gasteiger partial charge in [0.15, 0.2) is 5.01 Å². The topological polar surface area (TPSA) is 166 Å². The summed E-state index contributed by atoms with van der Waals surface area (Å²) in [7, 11) is 3.64. The molecule has 43 heavy (non-hydrogen) atoms. The van der Waals surface area contributed by atoms with E-state index >= 15 is 0 Å². The van der Waals surface area contributed by atoms with Crippen molar-refractivity contribution < 1.29 is 23.9 Å². The van der Waals surface area contributed by atoms with Gasteiger partial charge in [0.1, 0.15) is 11.4 Å². The third-order valence-corrected chi connectivity index (χ3v) is 9.01. The van der Waals surface area contributed by atoms with Crippen LogP contribution in [-0.2, 0) is 27.3 Å². The molecule has 1 saturated carbocycles. The van der Waals surface area contributed by atoms with Gasteiger partial charge in [0.05, 0.1) is 11.7 Å². The SMILES string of the molecule is CNC(=O)[C@H]1CC[C@H](NC(=O)C2=CC(C(=N)NC(=O)OC(C)(C)C)=CCC2C)[C@H](NC(=O)c2nc3c(s2)CN(C)CC3)C1. The van der Waals surface area contributed by atoms with Gasteiger partial charge >= 0.3 is 6.09 Å². The highest BCUT2D eigenvalue weighted by molar-refractivity contribution is 7.13. The molecule has 0 bridgehead atoms. The maximum absolute atomic E-state index is 13.6. The lowest BCUT2D eigenvalue weighted by Gasteiger charge is -2.36. The molecule has 3 aliphatic rings. The third kappa shape index (κ3) is 8.29. The summed E-state index contributed by atoms with van der Waals surface area (Å²) in [6.45, 7) is 8.79. The van der Waals surface area contributed by atoms with Crippen molar-refractivity contribution in [3.8, 4) is 0 Å². The van der Waals surface area contributed by atoms with Crippen LogP contribution in [0.25, 0.3) is 0 Å². The van der Waals surface area contributed by atoms with E-state index in [1.165, 1.54) is 11.3 Å². The van der Waals surface area contributed by atoms with Crippen LogP contribution in [0.5, 0.6) is 0 Å². The van der Waals surface area contributed by atoms with Gasteiger partial charge in [-0.3, -0.25) is 25.1 Å². The summed E-state index contributed by atoms with van der Waals surface area (Å²) in [5.74, 6) is -1.26. The van der Waals surface area contributed by atoms with E-state index in [0.717, 1.165) is 30.1 Å². The number of amides is 4. The Kier molecular flexibility index (Phi) is 10.1. The Hall–Kier alpha value is -3.58. The molecule has 234 valence electrons. The van der Waals surface area contributed by atoms with Crippen molar-refractivity contribution in [2.24, 2.45) is 11.8 Å². The molecule has 2 aliphatic carbocycles. The minimum atomic E-state index is -0.740.